The van der Waals surface area contributed by atoms with Crippen molar-refractivity contribution in [1.82, 2.24) is 0 Å². The second-order valence-electron chi connectivity index (χ2n) is 2.25. The topological polar surface area (TPSA) is 26.3 Å². The largest absolute Gasteiger partial charge is 0.458 e. The maximum atomic E-state index is 11.1. The summed E-state index contributed by atoms with van der Waals surface area (Å²) in [5, 5.41) is 0. The molecule has 0 saturated heterocycles. The molecule has 0 atom stereocenters. The fourth-order valence-corrected chi connectivity index (χ4v) is 0.792. The maximum absolute atomic E-state index is 11.1. The fraction of sp³-hybridized carbons (Fsp3) is 0.100. The van der Waals surface area contributed by atoms with Crippen molar-refractivity contribution in [2.75, 3.05) is 6.61 Å². The second kappa shape index (κ2) is 9.40. The molecule has 0 aliphatic rings. The van der Waals surface area contributed by atoms with E-state index in [1.165, 1.54) is 0 Å². The molecule has 0 saturated carbocycles. The van der Waals surface area contributed by atoms with Gasteiger partial charge in [-0.2, -0.15) is 0 Å². The van der Waals surface area contributed by atoms with Gasteiger partial charge in [-0.25, -0.2) is 4.79 Å². The van der Waals surface area contributed by atoms with Gasteiger partial charge in [-0.05, 0) is 12.1 Å². The predicted molar refractivity (Wildman–Crippen MR) is 56.9 cm³/mol. The molecule has 0 aliphatic heterocycles. The summed E-state index contributed by atoms with van der Waals surface area (Å²) in [6, 6.07) is 8.87. The molecule has 0 aromatic heterocycles. The average Bonchev–Trinajstić information content (AvgIpc) is 2.15. The second-order valence-corrected chi connectivity index (χ2v) is 2.25. The van der Waals surface area contributed by atoms with Crippen LogP contribution < -0.4 is 0 Å². The maximum Gasteiger partial charge on any atom is 0.338 e. The fourth-order valence-electron chi connectivity index (χ4n) is 0.792. The third kappa shape index (κ3) is 5.55. The number of rotatable bonds is 3. The van der Waals surface area contributed by atoms with Gasteiger partial charge in [-0.1, -0.05) is 30.9 Å². The minimum Gasteiger partial charge on any atom is -0.458 e. The third-order valence-electron chi connectivity index (χ3n) is 1.34. The van der Waals surface area contributed by atoms with Crippen LogP contribution in [0.5, 0.6) is 0 Å². The summed E-state index contributed by atoms with van der Waals surface area (Å²) in [5.41, 5.74) is 0.569. The first-order valence-corrected chi connectivity index (χ1v) is 3.67. The van der Waals surface area contributed by atoms with Gasteiger partial charge in [-0.3, -0.25) is 0 Å². The van der Waals surface area contributed by atoms with E-state index in [-0.39, 0.29) is 56.1 Å². The van der Waals surface area contributed by atoms with E-state index in [1.54, 1.807) is 30.3 Å². The molecular weight excluding hydrogens is 270 g/mol. The molecule has 2 nitrogen and oxygen atoms in total. The Hall–Kier alpha value is -0.154. The standard InChI is InChI=1S/C10H10O2.Al.Zr.3H/c1-2-8-12-10(11)9-6-4-3-5-7-9;;;;;/h2-7H,1,8H2;;;;;. The zero-order chi connectivity index (χ0) is 8.81. The summed E-state index contributed by atoms with van der Waals surface area (Å²) in [5.74, 6) is -0.310. The molecule has 0 bridgehead atoms. The summed E-state index contributed by atoms with van der Waals surface area (Å²) < 4.78 is 4.82. The van der Waals surface area contributed by atoms with Crippen molar-refractivity contribution in [3.63, 3.8) is 0 Å². The Morgan fingerprint density at radius 2 is 1.93 bits per heavy atom. The molecule has 0 radical (unpaired) electrons. The normalized spacial score (nSPS) is 7.71. The number of hydrogen-bond donors (Lipinski definition) is 0. The summed E-state index contributed by atoms with van der Waals surface area (Å²) in [4.78, 5) is 11.1. The van der Waals surface area contributed by atoms with Gasteiger partial charge < -0.3 is 4.74 Å². The Balaban J connectivity index is 0. The molecule has 0 N–H and O–H groups in total. The monoisotopic (exact) mass is 282 g/mol. The summed E-state index contributed by atoms with van der Waals surface area (Å²) in [6.07, 6.45) is 1.54. The van der Waals surface area contributed by atoms with E-state index in [4.69, 9.17) is 4.74 Å². The van der Waals surface area contributed by atoms with E-state index in [9.17, 15) is 4.79 Å². The molecule has 0 fully saturated rings. The molecule has 0 heterocycles. The molecular formula is C10H13AlO2Zr. The van der Waals surface area contributed by atoms with Gasteiger partial charge >= 0.3 is 5.97 Å². The zero-order valence-corrected chi connectivity index (χ0v) is 9.65. The Morgan fingerprint density at radius 3 is 2.43 bits per heavy atom. The Bertz CT molecular complexity index is 275. The van der Waals surface area contributed by atoms with Gasteiger partial charge in [0.25, 0.3) is 0 Å². The van der Waals surface area contributed by atoms with E-state index in [0.29, 0.717) is 5.56 Å². The van der Waals surface area contributed by atoms with Gasteiger partial charge in [0.2, 0.25) is 0 Å². The van der Waals surface area contributed by atoms with Crippen molar-refractivity contribution < 1.29 is 35.7 Å². The summed E-state index contributed by atoms with van der Waals surface area (Å²) in [6.45, 7) is 3.71. The molecule has 72 valence electrons. The Labute approximate surface area is 114 Å². The number of carbonyl (C=O) groups excluding carboxylic acids is 1. The van der Waals surface area contributed by atoms with Crippen molar-refractivity contribution in [2.24, 2.45) is 0 Å². The van der Waals surface area contributed by atoms with E-state index >= 15 is 0 Å². The first-order valence-electron chi connectivity index (χ1n) is 3.67. The number of ether oxygens (including phenoxy) is 1. The van der Waals surface area contributed by atoms with Crippen LogP contribution in [0.2, 0.25) is 0 Å². The summed E-state index contributed by atoms with van der Waals surface area (Å²) in [7, 11) is 0. The van der Waals surface area contributed by atoms with Crippen molar-refractivity contribution >= 4 is 23.3 Å². The first kappa shape index (κ1) is 16.3. The van der Waals surface area contributed by atoms with Gasteiger partial charge in [0.05, 0.1) is 5.56 Å². The van der Waals surface area contributed by atoms with Gasteiger partial charge in [0.1, 0.15) is 6.61 Å². The van der Waals surface area contributed by atoms with Crippen LogP contribution in [0.1, 0.15) is 10.4 Å². The minimum absolute atomic E-state index is 0. The molecule has 4 heteroatoms. The third-order valence-corrected chi connectivity index (χ3v) is 1.34. The molecule has 1 aromatic rings. The number of benzene rings is 1. The van der Waals surface area contributed by atoms with Crippen LogP contribution in [-0.4, -0.2) is 29.9 Å². The minimum atomic E-state index is -0.310. The van der Waals surface area contributed by atoms with Crippen molar-refractivity contribution in [3.8, 4) is 0 Å². The molecule has 0 amide bonds. The number of esters is 1. The van der Waals surface area contributed by atoms with E-state index in [2.05, 4.69) is 6.58 Å². The number of carbonyl (C=O) groups is 1. The predicted octanol–water partition coefficient (Wildman–Crippen LogP) is 0.843. The van der Waals surface area contributed by atoms with Crippen LogP contribution in [0, 0.1) is 0 Å². The van der Waals surface area contributed by atoms with Crippen LogP contribution in [0.3, 0.4) is 0 Å². The zero-order valence-electron chi connectivity index (χ0n) is 7.19. The Morgan fingerprint density at radius 1 is 1.36 bits per heavy atom. The van der Waals surface area contributed by atoms with Crippen LogP contribution in [0.25, 0.3) is 0 Å². The van der Waals surface area contributed by atoms with Crippen LogP contribution in [-0.2, 0) is 30.9 Å². The van der Waals surface area contributed by atoms with Crippen molar-refractivity contribution in [2.45, 2.75) is 0 Å². The molecule has 1 rings (SSSR count). The van der Waals surface area contributed by atoms with Gasteiger partial charge in [0.15, 0.2) is 17.4 Å². The van der Waals surface area contributed by atoms with Crippen LogP contribution in [0.15, 0.2) is 43.0 Å². The molecule has 0 aliphatic carbocycles. The van der Waals surface area contributed by atoms with Crippen LogP contribution >= 0.6 is 0 Å². The van der Waals surface area contributed by atoms with E-state index < -0.39 is 0 Å². The molecule has 14 heavy (non-hydrogen) atoms. The average molecular weight is 283 g/mol. The smallest absolute Gasteiger partial charge is 0.338 e. The quantitative estimate of drug-likeness (QED) is 0.467. The summed E-state index contributed by atoms with van der Waals surface area (Å²) >= 11 is 0. The molecule has 0 spiro atoms. The van der Waals surface area contributed by atoms with E-state index in [1.807, 2.05) is 6.07 Å². The van der Waals surface area contributed by atoms with Crippen LogP contribution in [0.4, 0.5) is 0 Å². The number of hydrogen-bond acceptors (Lipinski definition) is 2. The Kier molecular flexibility index (Phi) is 10.9. The van der Waals surface area contributed by atoms with E-state index in [0.717, 1.165) is 0 Å². The first-order chi connectivity index (χ1) is 5.84. The van der Waals surface area contributed by atoms with Gasteiger partial charge in [-0.15, -0.1) is 0 Å². The molecule has 0 unspecified atom stereocenters. The van der Waals surface area contributed by atoms with Crippen molar-refractivity contribution in [1.29, 1.82) is 0 Å². The molecule has 1 aromatic carbocycles. The SMILES string of the molecule is C=CCOC(=O)c1ccccc1.[AlH3].[Zr]. The van der Waals surface area contributed by atoms with Gasteiger partial charge in [0, 0.05) is 26.2 Å². The van der Waals surface area contributed by atoms with Crippen molar-refractivity contribution in [3.05, 3.63) is 48.6 Å².